The summed E-state index contributed by atoms with van der Waals surface area (Å²) in [5.74, 6) is 2.29. The highest BCUT2D eigenvalue weighted by atomic mass is 35.5. The number of hydrogen-bond donors (Lipinski definition) is 2. The van der Waals surface area contributed by atoms with Gasteiger partial charge in [0.25, 0.3) is 0 Å². The molecule has 6 nitrogen and oxygen atoms in total. The van der Waals surface area contributed by atoms with Crippen molar-refractivity contribution in [3.63, 3.8) is 0 Å². The summed E-state index contributed by atoms with van der Waals surface area (Å²) in [6.07, 6.45) is 1.68. The third kappa shape index (κ3) is 4.34. The maximum absolute atomic E-state index is 6.14. The van der Waals surface area contributed by atoms with E-state index in [1.54, 1.807) is 38.6 Å². The molecule has 0 amide bonds. The number of hydrogen-bond acceptors (Lipinski definition) is 6. The van der Waals surface area contributed by atoms with E-state index in [2.05, 4.69) is 20.6 Å². The average molecular weight is 371 g/mol. The van der Waals surface area contributed by atoms with Crippen LogP contribution in [-0.2, 0) is 6.54 Å². The van der Waals surface area contributed by atoms with E-state index >= 15 is 0 Å². The summed E-state index contributed by atoms with van der Waals surface area (Å²) in [4.78, 5) is 8.72. The van der Waals surface area contributed by atoms with E-state index in [4.69, 9.17) is 21.1 Å². The molecule has 134 valence electrons. The molecule has 3 rings (SSSR count). The fraction of sp³-hybridized carbons (Fsp3) is 0.158. The number of halogens is 1. The number of benzene rings is 2. The van der Waals surface area contributed by atoms with Crippen LogP contribution in [0.4, 0.5) is 17.5 Å². The predicted octanol–water partition coefficient (Wildman–Crippen LogP) is 4.50. The Balaban J connectivity index is 1.76. The van der Waals surface area contributed by atoms with Crippen molar-refractivity contribution in [1.82, 2.24) is 9.97 Å². The first-order chi connectivity index (χ1) is 12.7. The third-order valence-corrected chi connectivity index (χ3v) is 3.98. The van der Waals surface area contributed by atoms with Gasteiger partial charge in [-0.15, -0.1) is 0 Å². The van der Waals surface area contributed by atoms with Crippen molar-refractivity contribution in [1.29, 1.82) is 0 Å². The molecule has 2 N–H and O–H groups in total. The number of methoxy groups -OCH3 is 2. The van der Waals surface area contributed by atoms with Crippen molar-refractivity contribution >= 4 is 29.1 Å². The van der Waals surface area contributed by atoms with E-state index in [0.29, 0.717) is 40.5 Å². The highest BCUT2D eigenvalue weighted by molar-refractivity contribution is 6.32. The first-order valence-corrected chi connectivity index (χ1v) is 8.37. The number of aromatic nitrogens is 2. The average Bonchev–Trinajstić information content (AvgIpc) is 2.68. The molecular formula is C19H19ClN4O2. The molecule has 0 saturated heterocycles. The second kappa shape index (κ2) is 8.40. The molecule has 1 aromatic heterocycles. The molecule has 1 heterocycles. The van der Waals surface area contributed by atoms with Gasteiger partial charge < -0.3 is 20.1 Å². The molecule has 2 aromatic carbocycles. The minimum absolute atomic E-state index is 0.475. The molecule has 0 aliphatic rings. The van der Waals surface area contributed by atoms with Crippen LogP contribution in [0.5, 0.6) is 11.5 Å². The Morgan fingerprint density at radius 3 is 2.50 bits per heavy atom. The van der Waals surface area contributed by atoms with E-state index in [0.717, 1.165) is 5.56 Å². The van der Waals surface area contributed by atoms with E-state index < -0.39 is 0 Å². The first kappa shape index (κ1) is 17.8. The summed E-state index contributed by atoms with van der Waals surface area (Å²) in [5.41, 5.74) is 1.85. The lowest BCUT2D eigenvalue weighted by Crippen LogP contribution is -2.05. The number of nitrogens with zero attached hydrogens (tertiary/aromatic N) is 2. The Labute approximate surface area is 157 Å². The fourth-order valence-electron chi connectivity index (χ4n) is 2.39. The zero-order valence-corrected chi connectivity index (χ0v) is 15.2. The number of nitrogens with one attached hydrogen (secondary N) is 2. The van der Waals surface area contributed by atoms with Gasteiger partial charge in [-0.3, -0.25) is 0 Å². The Hall–Kier alpha value is -2.99. The van der Waals surface area contributed by atoms with Gasteiger partial charge in [-0.2, -0.15) is 4.98 Å². The Morgan fingerprint density at radius 2 is 1.77 bits per heavy atom. The molecule has 3 aromatic rings. The van der Waals surface area contributed by atoms with Crippen LogP contribution < -0.4 is 20.1 Å². The van der Waals surface area contributed by atoms with Gasteiger partial charge in [0.05, 0.1) is 24.9 Å². The molecule has 0 spiro atoms. The summed E-state index contributed by atoms with van der Waals surface area (Å²) in [5, 5.41) is 6.89. The maximum Gasteiger partial charge on any atom is 0.224 e. The number of anilines is 3. The summed E-state index contributed by atoms with van der Waals surface area (Å²) >= 11 is 6.14. The standard InChI is InChI=1S/C19H19ClN4O2/c1-25-16-11-15(17(26-2)10-14(16)20)23-18-8-9-21-19(24-18)22-12-13-6-4-3-5-7-13/h3-11H,12H2,1-2H3,(H2,21,22,23,24). The Kier molecular flexibility index (Phi) is 5.76. The second-order valence-corrected chi connectivity index (χ2v) is 5.82. The highest BCUT2D eigenvalue weighted by Gasteiger charge is 2.11. The largest absolute Gasteiger partial charge is 0.495 e. The number of rotatable bonds is 7. The fourth-order valence-corrected chi connectivity index (χ4v) is 2.62. The van der Waals surface area contributed by atoms with Gasteiger partial charge >= 0.3 is 0 Å². The molecule has 0 aliphatic carbocycles. The van der Waals surface area contributed by atoms with Crippen molar-refractivity contribution in [2.75, 3.05) is 24.9 Å². The highest BCUT2D eigenvalue weighted by Crippen LogP contribution is 2.37. The summed E-state index contributed by atoms with van der Waals surface area (Å²) in [7, 11) is 3.14. The van der Waals surface area contributed by atoms with Gasteiger partial charge in [0.2, 0.25) is 5.95 Å². The molecule has 0 unspecified atom stereocenters. The van der Waals surface area contributed by atoms with Crippen molar-refractivity contribution in [2.45, 2.75) is 6.54 Å². The van der Waals surface area contributed by atoms with Gasteiger partial charge in [-0.1, -0.05) is 41.9 Å². The third-order valence-electron chi connectivity index (χ3n) is 3.69. The molecule has 7 heteroatoms. The van der Waals surface area contributed by atoms with Gasteiger partial charge in [-0.05, 0) is 11.6 Å². The molecule has 0 aliphatic heterocycles. The molecular weight excluding hydrogens is 352 g/mol. The van der Waals surface area contributed by atoms with E-state index in [9.17, 15) is 0 Å². The summed E-state index contributed by atoms with van der Waals surface area (Å²) < 4.78 is 10.6. The van der Waals surface area contributed by atoms with E-state index in [-0.39, 0.29) is 0 Å². The molecule has 0 fully saturated rings. The van der Waals surface area contributed by atoms with Crippen molar-refractivity contribution in [2.24, 2.45) is 0 Å². The van der Waals surface area contributed by atoms with Crippen LogP contribution in [0.1, 0.15) is 5.56 Å². The Morgan fingerprint density at radius 1 is 1.00 bits per heavy atom. The van der Waals surface area contributed by atoms with Gasteiger partial charge in [0.1, 0.15) is 17.3 Å². The lowest BCUT2D eigenvalue weighted by Gasteiger charge is -2.14. The zero-order valence-electron chi connectivity index (χ0n) is 14.5. The monoisotopic (exact) mass is 370 g/mol. The molecule has 0 bridgehead atoms. The predicted molar refractivity (Wildman–Crippen MR) is 104 cm³/mol. The topological polar surface area (TPSA) is 68.3 Å². The van der Waals surface area contributed by atoms with Crippen molar-refractivity contribution in [3.05, 3.63) is 65.3 Å². The van der Waals surface area contributed by atoms with Crippen LogP contribution in [0.15, 0.2) is 54.7 Å². The second-order valence-electron chi connectivity index (χ2n) is 5.42. The van der Waals surface area contributed by atoms with Crippen molar-refractivity contribution in [3.8, 4) is 11.5 Å². The van der Waals surface area contributed by atoms with Crippen molar-refractivity contribution < 1.29 is 9.47 Å². The van der Waals surface area contributed by atoms with Gasteiger partial charge in [0, 0.05) is 24.9 Å². The molecule has 26 heavy (non-hydrogen) atoms. The van der Waals surface area contributed by atoms with Crippen LogP contribution in [0.25, 0.3) is 0 Å². The SMILES string of the molecule is COc1cc(Nc2ccnc(NCc3ccccc3)n2)c(OC)cc1Cl. The quantitative estimate of drug-likeness (QED) is 0.638. The Bertz CT molecular complexity index is 875. The lowest BCUT2D eigenvalue weighted by atomic mass is 10.2. The summed E-state index contributed by atoms with van der Waals surface area (Å²) in [6, 6.07) is 15.3. The van der Waals surface area contributed by atoms with E-state index in [1.807, 2.05) is 30.3 Å². The van der Waals surface area contributed by atoms with Crippen LogP contribution in [0.3, 0.4) is 0 Å². The minimum atomic E-state index is 0.475. The molecule has 0 radical (unpaired) electrons. The van der Waals surface area contributed by atoms with E-state index in [1.165, 1.54) is 0 Å². The molecule has 0 atom stereocenters. The van der Waals surface area contributed by atoms with Gasteiger partial charge in [-0.25, -0.2) is 4.98 Å². The number of ether oxygens (including phenoxy) is 2. The minimum Gasteiger partial charge on any atom is -0.495 e. The molecule has 0 saturated carbocycles. The van der Waals surface area contributed by atoms with Crippen LogP contribution in [-0.4, -0.2) is 24.2 Å². The smallest absolute Gasteiger partial charge is 0.224 e. The first-order valence-electron chi connectivity index (χ1n) is 7.99. The van der Waals surface area contributed by atoms with Crippen LogP contribution >= 0.6 is 11.6 Å². The summed E-state index contributed by atoms with van der Waals surface area (Å²) in [6.45, 7) is 0.641. The van der Waals surface area contributed by atoms with Gasteiger partial charge in [0.15, 0.2) is 0 Å². The lowest BCUT2D eigenvalue weighted by molar-refractivity contribution is 0.405. The van der Waals surface area contributed by atoms with Crippen LogP contribution in [0.2, 0.25) is 5.02 Å². The normalized spacial score (nSPS) is 10.3. The van der Waals surface area contributed by atoms with Crippen LogP contribution in [0, 0.1) is 0 Å². The zero-order chi connectivity index (χ0) is 18.4. The maximum atomic E-state index is 6.14.